The fourth-order valence-electron chi connectivity index (χ4n) is 0. The molecule has 0 N–H and O–H groups in total. The Hall–Kier alpha value is 0.913. The summed E-state index contributed by atoms with van der Waals surface area (Å²) in [6, 6.07) is 0. The molecular formula is C6H13ClZn. The van der Waals surface area contributed by atoms with Crippen LogP contribution in [-0.4, -0.2) is 0 Å². The summed E-state index contributed by atoms with van der Waals surface area (Å²) >= 11 is 0.847. The maximum atomic E-state index is 4.76. The summed E-state index contributed by atoms with van der Waals surface area (Å²) in [6.07, 6.45) is 1.02. The monoisotopic (exact) mass is 184 g/mol. The molecule has 46 valence electrons. The first-order chi connectivity index (χ1) is 3.56. The van der Waals surface area contributed by atoms with E-state index in [1.807, 2.05) is 0 Å². The van der Waals surface area contributed by atoms with Crippen molar-refractivity contribution in [2.24, 2.45) is 5.41 Å². The second-order valence-corrected chi connectivity index (χ2v) is 2.81. The average molecular weight is 186 g/mol. The van der Waals surface area contributed by atoms with Crippen molar-refractivity contribution in [3.63, 3.8) is 0 Å². The molecule has 0 aliphatic heterocycles. The van der Waals surface area contributed by atoms with E-state index in [9.17, 15) is 0 Å². The minimum atomic E-state index is 0.431. The van der Waals surface area contributed by atoms with Crippen LogP contribution in [0.1, 0.15) is 27.2 Å². The van der Waals surface area contributed by atoms with Crippen molar-refractivity contribution in [3.8, 4) is 0 Å². The Morgan fingerprint density at radius 3 is 1.50 bits per heavy atom. The fourth-order valence-corrected chi connectivity index (χ4v) is 0. The summed E-state index contributed by atoms with van der Waals surface area (Å²) in [5.74, 6) is 0. The Balaban J connectivity index is 0. The van der Waals surface area contributed by atoms with Crippen molar-refractivity contribution in [1.29, 1.82) is 0 Å². The second kappa shape index (κ2) is 6.04. The maximum absolute atomic E-state index is 4.76. The predicted molar refractivity (Wildman–Crippen MR) is 35.3 cm³/mol. The molecule has 0 fully saturated rings. The molecule has 0 aliphatic rings. The number of hydrogen-bond acceptors (Lipinski definition) is 0. The van der Waals surface area contributed by atoms with Gasteiger partial charge in [0.2, 0.25) is 0 Å². The third-order valence-corrected chi connectivity index (χ3v) is 0.750. The third-order valence-electron chi connectivity index (χ3n) is 0.750. The van der Waals surface area contributed by atoms with Crippen molar-refractivity contribution in [2.45, 2.75) is 27.2 Å². The van der Waals surface area contributed by atoms with E-state index < -0.39 is 0 Å². The first-order valence-electron chi connectivity index (χ1n) is 2.62. The summed E-state index contributed by atoms with van der Waals surface area (Å²) in [4.78, 5) is 0. The molecule has 0 atom stereocenters. The van der Waals surface area contributed by atoms with E-state index in [1.54, 1.807) is 0 Å². The van der Waals surface area contributed by atoms with E-state index in [-0.39, 0.29) is 0 Å². The molecule has 0 nitrogen and oxygen atoms in total. The molecule has 0 aromatic carbocycles. The number of rotatable bonds is 0. The van der Waals surface area contributed by atoms with Crippen LogP contribution in [0.25, 0.3) is 0 Å². The SMILES string of the molecule is [CH2-]CC(C)(C)C.[Cl][Zn+]. The fraction of sp³-hybridized carbons (Fsp3) is 0.833. The molecule has 8 heavy (non-hydrogen) atoms. The number of hydrogen-bond donors (Lipinski definition) is 0. The van der Waals surface area contributed by atoms with Crippen LogP contribution in [0.4, 0.5) is 0 Å². The minimum absolute atomic E-state index is 0.431. The molecule has 0 aromatic heterocycles. The van der Waals surface area contributed by atoms with Gasteiger partial charge in [0.05, 0.1) is 0 Å². The van der Waals surface area contributed by atoms with E-state index in [2.05, 4.69) is 27.7 Å². The Bertz CT molecular complexity index is 38.3. The standard InChI is InChI=1S/C6H13.ClH.Zn/c1-5-6(2,3)4;;/h1,5H2,2-4H3;1H;/q-1;;+2/p-1. The van der Waals surface area contributed by atoms with Crippen LogP contribution in [-0.2, 0) is 17.3 Å². The Kier molecular flexibility index (Phi) is 8.82. The van der Waals surface area contributed by atoms with E-state index in [0.29, 0.717) is 5.41 Å². The van der Waals surface area contributed by atoms with Gasteiger partial charge in [-0.25, -0.2) is 0 Å². The summed E-state index contributed by atoms with van der Waals surface area (Å²) in [5, 5.41) is 0. The van der Waals surface area contributed by atoms with E-state index >= 15 is 0 Å². The molecule has 0 spiro atoms. The first-order valence-corrected chi connectivity index (χ1v) is 6.52. The number of halogens is 1. The van der Waals surface area contributed by atoms with Crippen LogP contribution in [0.3, 0.4) is 0 Å². The molecule has 0 bridgehead atoms. The van der Waals surface area contributed by atoms with Crippen LogP contribution in [0.5, 0.6) is 0 Å². The topological polar surface area (TPSA) is 0 Å². The first kappa shape index (κ1) is 11.7. The molecule has 0 heterocycles. The summed E-state index contributed by atoms with van der Waals surface area (Å²) in [6.45, 7) is 10.3. The van der Waals surface area contributed by atoms with Crippen LogP contribution >= 0.6 is 9.69 Å². The van der Waals surface area contributed by atoms with Gasteiger partial charge in [0.1, 0.15) is 0 Å². The van der Waals surface area contributed by atoms with Gasteiger partial charge < -0.3 is 6.92 Å². The molecule has 0 aliphatic carbocycles. The van der Waals surface area contributed by atoms with Gasteiger partial charge in [-0.1, -0.05) is 26.2 Å². The van der Waals surface area contributed by atoms with Crippen LogP contribution < -0.4 is 0 Å². The molecule has 0 saturated heterocycles. The predicted octanol–water partition coefficient (Wildman–Crippen LogP) is 2.94. The van der Waals surface area contributed by atoms with Gasteiger partial charge in [-0.05, 0) is 0 Å². The molecule has 2 heteroatoms. The Morgan fingerprint density at radius 2 is 1.50 bits per heavy atom. The Labute approximate surface area is 66.7 Å². The molecule has 0 saturated carbocycles. The summed E-state index contributed by atoms with van der Waals surface area (Å²) < 4.78 is 0. The van der Waals surface area contributed by atoms with Gasteiger partial charge in [-0.15, -0.1) is 0 Å². The van der Waals surface area contributed by atoms with E-state index in [0.717, 1.165) is 23.7 Å². The molecular weight excluding hydrogens is 173 g/mol. The van der Waals surface area contributed by atoms with Crippen molar-refractivity contribution in [3.05, 3.63) is 6.92 Å². The van der Waals surface area contributed by atoms with Gasteiger partial charge in [-0.3, -0.25) is 0 Å². The zero-order chi connectivity index (χ0) is 7.21. The van der Waals surface area contributed by atoms with Gasteiger partial charge in [-0.2, -0.15) is 6.42 Å². The molecule has 0 unspecified atom stereocenters. The molecule has 0 aromatic rings. The molecule has 0 amide bonds. The second-order valence-electron chi connectivity index (χ2n) is 2.81. The zero-order valence-corrected chi connectivity index (χ0v) is 9.72. The van der Waals surface area contributed by atoms with E-state index in [4.69, 9.17) is 9.69 Å². The normalized spacial score (nSPS) is 9.88. The molecule has 0 radical (unpaired) electrons. The zero-order valence-electron chi connectivity index (χ0n) is 6.00. The summed E-state index contributed by atoms with van der Waals surface area (Å²) in [5.41, 5.74) is 0.431. The van der Waals surface area contributed by atoms with Crippen LogP contribution in [0.2, 0.25) is 0 Å². The van der Waals surface area contributed by atoms with Gasteiger partial charge in [0.25, 0.3) is 0 Å². The van der Waals surface area contributed by atoms with Gasteiger partial charge in [0.15, 0.2) is 0 Å². The van der Waals surface area contributed by atoms with Crippen molar-refractivity contribution in [2.75, 3.05) is 0 Å². The molecule has 0 rings (SSSR count). The third kappa shape index (κ3) is 15.8. The summed E-state index contributed by atoms with van der Waals surface area (Å²) in [7, 11) is 4.76. The van der Waals surface area contributed by atoms with Crippen LogP contribution in [0.15, 0.2) is 0 Å². The van der Waals surface area contributed by atoms with Gasteiger partial charge >= 0.3 is 27.0 Å². The van der Waals surface area contributed by atoms with Crippen molar-refractivity contribution in [1.82, 2.24) is 0 Å². The average Bonchev–Trinajstić information content (AvgIpc) is 1.71. The van der Waals surface area contributed by atoms with Gasteiger partial charge in [0, 0.05) is 0 Å². The van der Waals surface area contributed by atoms with E-state index in [1.165, 1.54) is 0 Å². The van der Waals surface area contributed by atoms with Crippen molar-refractivity contribution < 1.29 is 17.3 Å². The van der Waals surface area contributed by atoms with Crippen molar-refractivity contribution >= 4 is 9.69 Å². The quantitative estimate of drug-likeness (QED) is 0.403. The Morgan fingerprint density at radius 1 is 1.38 bits per heavy atom. The van der Waals surface area contributed by atoms with Crippen LogP contribution in [0, 0.1) is 12.3 Å².